The molecule has 10 unspecified atom stereocenters. The molecule has 6 fully saturated rings. The van der Waals surface area contributed by atoms with Gasteiger partial charge in [-0.05, 0) is 148 Å². The fourth-order valence-electron chi connectivity index (χ4n) is 13.9. The molecule has 4 N–H and O–H groups in total. The Bertz CT molecular complexity index is 1250. The number of carbonyl (C=O) groups is 1. The summed E-state index contributed by atoms with van der Waals surface area (Å²) in [6, 6.07) is 0. The minimum atomic E-state index is -1.07. The molecule has 0 saturated heterocycles. The molecule has 5 nitrogen and oxygen atoms in total. The van der Waals surface area contributed by atoms with Crippen LogP contribution in [0.2, 0.25) is 0 Å². The van der Waals surface area contributed by atoms with Crippen LogP contribution in [0.25, 0.3) is 0 Å². The zero-order chi connectivity index (χ0) is 33.4. The maximum Gasteiger partial charge on any atom is 0.159 e. The highest BCUT2D eigenvalue weighted by Crippen LogP contribution is 2.70. The first-order valence-electron chi connectivity index (χ1n) is 20.1. The van der Waals surface area contributed by atoms with Crippen molar-refractivity contribution in [3.63, 3.8) is 0 Å². The van der Waals surface area contributed by atoms with Crippen LogP contribution < -0.4 is 0 Å². The quantitative estimate of drug-likeness (QED) is 0.217. The number of hydrogen-bond donors (Lipinski definition) is 4. The third-order valence-corrected chi connectivity index (χ3v) is 16.4. The Labute approximate surface area is 285 Å². The molecule has 5 heteroatoms. The molecule has 0 bridgehead atoms. The predicted octanol–water partition coefficient (Wildman–Crippen LogP) is 8.23. The van der Waals surface area contributed by atoms with Gasteiger partial charge < -0.3 is 20.4 Å². The fourth-order valence-corrected chi connectivity index (χ4v) is 13.9. The third kappa shape index (κ3) is 5.41. The van der Waals surface area contributed by atoms with Gasteiger partial charge in [-0.1, -0.05) is 70.9 Å². The Balaban J connectivity index is 1.16. The van der Waals surface area contributed by atoms with E-state index in [2.05, 4.69) is 27.7 Å². The smallest absolute Gasteiger partial charge is 0.159 e. The van der Waals surface area contributed by atoms with Gasteiger partial charge in [0.2, 0.25) is 0 Å². The van der Waals surface area contributed by atoms with Gasteiger partial charge in [0.25, 0.3) is 0 Å². The summed E-state index contributed by atoms with van der Waals surface area (Å²) in [7, 11) is 0. The van der Waals surface area contributed by atoms with Gasteiger partial charge in [-0.3, -0.25) is 4.79 Å². The Hall–Kier alpha value is -1.01. The van der Waals surface area contributed by atoms with Crippen LogP contribution in [0.4, 0.5) is 0 Å². The summed E-state index contributed by atoms with van der Waals surface area (Å²) in [4.78, 5) is 14.1. The molecular formula is C42H66O5. The largest absolute Gasteiger partial charge is 0.393 e. The van der Waals surface area contributed by atoms with Crippen LogP contribution in [0.5, 0.6) is 0 Å². The van der Waals surface area contributed by atoms with Crippen molar-refractivity contribution < 1.29 is 25.2 Å². The lowest BCUT2D eigenvalue weighted by Gasteiger charge is -2.63. The Morgan fingerprint density at radius 1 is 0.872 bits per heavy atom. The van der Waals surface area contributed by atoms with Crippen molar-refractivity contribution in [3.05, 3.63) is 22.8 Å². The zero-order valence-electron chi connectivity index (χ0n) is 30.1. The summed E-state index contributed by atoms with van der Waals surface area (Å²) in [6.07, 6.45) is 20.9. The van der Waals surface area contributed by atoms with Gasteiger partial charge in [0, 0.05) is 11.3 Å². The maximum absolute atomic E-state index is 14.1. The van der Waals surface area contributed by atoms with Crippen LogP contribution in [0.15, 0.2) is 22.8 Å². The summed E-state index contributed by atoms with van der Waals surface area (Å²) < 4.78 is 0. The first kappa shape index (κ1) is 34.4. The van der Waals surface area contributed by atoms with Crippen LogP contribution in [-0.4, -0.2) is 50.1 Å². The van der Waals surface area contributed by atoms with Crippen molar-refractivity contribution in [2.45, 2.75) is 180 Å². The van der Waals surface area contributed by atoms with E-state index in [0.717, 1.165) is 56.9 Å². The first-order valence-corrected chi connectivity index (χ1v) is 20.1. The second-order valence-electron chi connectivity index (χ2n) is 18.7. The van der Waals surface area contributed by atoms with E-state index >= 15 is 0 Å². The minimum Gasteiger partial charge on any atom is -0.393 e. The topological polar surface area (TPSA) is 98.0 Å². The number of carbonyl (C=O) groups excluding carboxylic acids is 1. The first-order chi connectivity index (χ1) is 22.4. The normalized spacial score (nSPS) is 44.5. The van der Waals surface area contributed by atoms with E-state index in [4.69, 9.17) is 0 Å². The molecular weight excluding hydrogens is 584 g/mol. The fraction of sp³-hybridized carbons (Fsp3) is 0.881. The molecule has 0 amide bonds. The number of fused-ring (bicyclic) bond motifs is 5. The van der Waals surface area contributed by atoms with Gasteiger partial charge in [-0.15, -0.1) is 0 Å². The zero-order valence-corrected chi connectivity index (χ0v) is 30.1. The second-order valence-corrected chi connectivity index (χ2v) is 18.7. The SMILES string of the molecule is CC(C)C(CC(O)C(C)C1CCC2(O)C3=CC(=O)C4CC(O)C(O)CC4(C4CCCCC4)C3CCC12C)=C1CCCC2(CCCC2)C1. The lowest BCUT2D eigenvalue weighted by atomic mass is 9.41. The number of aliphatic hydroxyl groups is 4. The van der Waals surface area contributed by atoms with Crippen molar-refractivity contribution >= 4 is 5.78 Å². The maximum atomic E-state index is 14.1. The Kier molecular flexibility index (Phi) is 9.26. The molecule has 7 aliphatic rings. The molecule has 0 aliphatic heterocycles. The molecule has 0 aromatic rings. The minimum absolute atomic E-state index is 0.0514. The predicted molar refractivity (Wildman–Crippen MR) is 186 cm³/mol. The van der Waals surface area contributed by atoms with Gasteiger partial charge in [0.1, 0.15) is 0 Å². The van der Waals surface area contributed by atoms with E-state index in [1.807, 2.05) is 6.08 Å². The molecule has 7 aliphatic carbocycles. The van der Waals surface area contributed by atoms with Gasteiger partial charge in [0.05, 0.1) is 23.9 Å². The highest BCUT2D eigenvalue weighted by molar-refractivity contribution is 5.95. The molecule has 7 rings (SSSR count). The highest BCUT2D eigenvalue weighted by Gasteiger charge is 2.69. The average molecular weight is 651 g/mol. The molecule has 47 heavy (non-hydrogen) atoms. The molecule has 264 valence electrons. The number of allylic oxidation sites excluding steroid dienone is 2. The lowest BCUT2D eigenvalue weighted by molar-refractivity contribution is -0.173. The van der Waals surface area contributed by atoms with Crippen LogP contribution in [-0.2, 0) is 4.79 Å². The van der Waals surface area contributed by atoms with Crippen molar-refractivity contribution in [2.24, 2.45) is 51.8 Å². The highest BCUT2D eigenvalue weighted by atomic mass is 16.3. The average Bonchev–Trinajstić information content (AvgIpc) is 3.61. The molecule has 0 heterocycles. The van der Waals surface area contributed by atoms with Crippen molar-refractivity contribution in [2.75, 3.05) is 0 Å². The molecule has 10 atom stereocenters. The van der Waals surface area contributed by atoms with Crippen LogP contribution in [0.3, 0.4) is 0 Å². The second kappa shape index (κ2) is 12.6. The van der Waals surface area contributed by atoms with Gasteiger partial charge >= 0.3 is 0 Å². The Morgan fingerprint density at radius 3 is 2.28 bits per heavy atom. The third-order valence-electron chi connectivity index (χ3n) is 16.4. The van der Waals surface area contributed by atoms with Crippen LogP contribution in [0.1, 0.15) is 156 Å². The summed E-state index contributed by atoms with van der Waals surface area (Å²) >= 11 is 0. The monoisotopic (exact) mass is 650 g/mol. The van der Waals surface area contributed by atoms with Crippen molar-refractivity contribution in [3.8, 4) is 0 Å². The van der Waals surface area contributed by atoms with E-state index in [9.17, 15) is 25.2 Å². The summed E-state index contributed by atoms with van der Waals surface area (Å²) in [5, 5.41) is 46.9. The lowest BCUT2D eigenvalue weighted by Crippen LogP contribution is -2.63. The van der Waals surface area contributed by atoms with Crippen molar-refractivity contribution in [1.29, 1.82) is 0 Å². The van der Waals surface area contributed by atoms with Gasteiger partial charge in [0.15, 0.2) is 5.78 Å². The summed E-state index contributed by atoms with van der Waals surface area (Å²) in [5.74, 6) is 0.873. The van der Waals surface area contributed by atoms with Gasteiger partial charge in [-0.2, -0.15) is 0 Å². The molecule has 6 saturated carbocycles. The van der Waals surface area contributed by atoms with E-state index in [-0.39, 0.29) is 34.9 Å². The number of hydrogen-bond acceptors (Lipinski definition) is 5. The molecule has 0 radical (unpaired) electrons. The molecule has 0 aromatic heterocycles. The van der Waals surface area contributed by atoms with E-state index < -0.39 is 29.3 Å². The summed E-state index contributed by atoms with van der Waals surface area (Å²) in [5.41, 5.74) is 2.74. The number of ketones is 1. The summed E-state index contributed by atoms with van der Waals surface area (Å²) in [6.45, 7) is 9.13. The number of rotatable bonds is 6. The standard InChI is InChI=1S/C42H66O5/c1-26(2)30(28-11-10-18-40(24-28)16-8-9-17-40)21-35(43)27(3)31-15-20-42(47)33-22-36(44)34-23-37(45)38(46)25-41(34,29-12-6-5-7-13-29)32(33)14-19-39(31,42)4/h22,26-27,29,31-32,34-35,37-38,43,45-47H,5-21,23-25H2,1-4H3. The van der Waals surface area contributed by atoms with E-state index in [1.54, 1.807) is 5.57 Å². The van der Waals surface area contributed by atoms with E-state index in [0.29, 0.717) is 36.5 Å². The van der Waals surface area contributed by atoms with Crippen LogP contribution in [0, 0.1) is 51.8 Å². The van der Waals surface area contributed by atoms with E-state index in [1.165, 1.54) is 63.4 Å². The molecule has 0 aromatic carbocycles. The van der Waals surface area contributed by atoms with Gasteiger partial charge in [-0.25, -0.2) is 0 Å². The number of aliphatic hydroxyl groups excluding tert-OH is 3. The van der Waals surface area contributed by atoms with Crippen LogP contribution >= 0.6 is 0 Å². The Morgan fingerprint density at radius 2 is 1.57 bits per heavy atom. The molecule has 1 spiro atoms. The van der Waals surface area contributed by atoms with Crippen molar-refractivity contribution in [1.82, 2.24) is 0 Å².